The Balaban J connectivity index is 2.86. The van der Waals surface area contributed by atoms with Gasteiger partial charge in [0.1, 0.15) is 5.92 Å². The summed E-state index contributed by atoms with van der Waals surface area (Å²) in [5, 5.41) is 18.3. The van der Waals surface area contributed by atoms with E-state index in [0.29, 0.717) is 13.0 Å². The maximum atomic E-state index is 12.5. The van der Waals surface area contributed by atoms with Gasteiger partial charge in [0, 0.05) is 19.2 Å². The maximum Gasteiger partial charge on any atom is 0.316 e. The zero-order valence-electron chi connectivity index (χ0n) is 12.1. The number of amides is 1. The maximum absolute atomic E-state index is 12.5. The Hall–Kier alpha value is -1.10. The van der Waals surface area contributed by atoms with Crippen LogP contribution in [0.2, 0.25) is 0 Å². The van der Waals surface area contributed by atoms with E-state index >= 15 is 0 Å². The molecule has 5 heteroatoms. The zero-order chi connectivity index (χ0) is 14.6. The Kier molecular flexibility index (Phi) is 5.35. The van der Waals surface area contributed by atoms with Crippen LogP contribution in [0.1, 0.15) is 46.5 Å². The fourth-order valence-corrected chi connectivity index (χ4v) is 2.42. The second-order valence-corrected chi connectivity index (χ2v) is 6.33. The van der Waals surface area contributed by atoms with Crippen LogP contribution in [0.4, 0.5) is 0 Å². The molecule has 1 aliphatic rings. The van der Waals surface area contributed by atoms with Crippen molar-refractivity contribution in [1.82, 2.24) is 4.90 Å². The van der Waals surface area contributed by atoms with Gasteiger partial charge in [0.2, 0.25) is 5.91 Å². The van der Waals surface area contributed by atoms with Gasteiger partial charge in [0.15, 0.2) is 0 Å². The predicted molar refractivity (Wildman–Crippen MR) is 71.6 cm³/mol. The number of aliphatic carboxylic acids is 1. The zero-order valence-corrected chi connectivity index (χ0v) is 12.1. The number of carboxylic acid groups (broad SMARTS) is 1. The summed E-state index contributed by atoms with van der Waals surface area (Å²) in [4.78, 5) is 25.6. The lowest BCUT2D eigenvalue weighted by molar-refractivity contribution is -0.158. The molecule has 1 saturated carbocycles. The molecule has 0 saturated heterocycles. The molecule has 0 aromatic heterocycles. The lowest BCUT2D eigenvalue weighted by Gasteiger charge is -2.40. The molecule has 0 aliphatic heterocycles. The van der Waals surface area contributed by atoms with Crippen molar-refractivity contribution in [2.75, 3.05) is 13.2 Å². The molecule has 1 amide bonds. The minimum absolute atomic E-state index is 0.0176. The smallest absolute Gasteiger partial charge is 0.316 e. The Labute approximate surface area is 114 Å². The quantitative estimate of drug-likeness (QED) is 0.718. The third-order valence-corrected chi connectivity index (χ3v) is 3.72. The Morgan fingerprint density at radius 3 is 2.21 bits per heavy atom. The normalized spacial score (nSPS) is 17.7. The van der Waals surface area contributed by atoms with Gasteiger partial charge in [-0.3, -0.25) is 9.59 Å². The van der Waals surface area contributed by atoms with Gasteiger partial charge in [-0.2, -0.15) is 0 Å². The van der Waals surface area contributed by atoms with E-state index in [1.54, 1.807) is 25.7 Å². The number of hydrogen-bond donors (Lipinski definition) is 2. The summed E-state index contributed by atoms with van der Waals surface area (Å²) in [5.41, 5.74) is -0.607. The minimum Gasteiger partial charge on any atom is -0.481 e. The van der Waals surface area contributed by atoms with Crippen LogP contribution in [0.5, 0.6) is 0 Å². The fraction of sp³-hybridized carbons (Fsp3) is 0.857. The molecular formula is C14H25NO4. The van der Waals surface area contributed by atoms with E-state index in [4.69, 9.17) is 5.11 Å². The number of carboxylic acids is 1. The van der Waals surface area contributed by atoms with Crippen LogP contribution in [0.3, 0.4) is 0 Å². The second kappa shape index (κ2) is 6.37. The van der Waals surface area contributed by atoms with Crippen molar-refractivity contribution >= 4 is 11.9 Å². The van der Waals surface area contributed by atoms with Crippen molar-refractivity contribution in [3.05, 3.63) is 0 Å². The second-order valence-electron chi connectivity index (χ2n) is 6.33. The highest BCUT2D eigenvalue weighted by molar-refractivity contribution is 5.98. The summed E-state index contributed by atoms with van der Waals surface area (Å²) < 4.78 is 0. The number of aliphatic hydroxyl groups is 1. The first kappa shape index (κ1) is 16.0. The van der Waals surface area contributed by atoms with E-state index in [2.05, 4.69) is 0 Å². The molecule has 0 aromatic rings. The predicted octanol–water partition coefficient (Wildman–Crippen LogP) is 1.50. The van der Waals surface area contributed by atoms with Crippen molar-refractivity contribution < 1.29 is 19.8 Å². The van der Waals surface area contributed by atoms with Gasteiger partial charge in [-0.25, -0.2) is 0 Å². The van der Waals surface area contributed by atoms with Gasteiger partial charge in [-0.15, -0.1) is 0 Å². The van der Waals surface area contributed by atoms with E-state index in [-0.39, 0.29) is 18.6 Å². The minimum atomic E-state index is -1.06. The molecule has 1 atom stereocenters. The number of aliphatic hydroxyl groups excluding tert-OH is 1. The first-order valence-corrected chi connectivity index (χ1v) is 6.93. The van der Waals surface area contributed by atoms with Crippen molar-refractivity contribution in [3.8, 4) is 0 Å². The molecule has 110 valence electrons. The van der Waals surface area contributed by atoms with Gasteiger partial charge >= 0.3 is 5.97 Å². The molecule has 0 spiro atoms. The standard InChI is InChI=1S/C14H25NO4/c1-14(2,3)11(13(18)19)12(17)15(8-5-9-16)10-6-4-7-10/h10-11,16H,4-9H2,1-3H3,(H,18,19). The van der Waals surface area contributed by atoms with Gasteiger partial charge in [-0.05, 0) is 31.1 Å². The van der Waals surface area contributed by atoms with E-state index < -0.39 is 17.3 Å². The van der Waals surface area contributed by atoms with Crippen molar-refractivity contribution in [2.24, 2.45) is 11.3 Å². The topological polar surface area (TPSA) is 77.8 Å². The summed E-state index contributed by atoms with van der Waals surface area (Å²) >= 11 is 0. The SMILES string of the molecule is CC(C)(C)C(C(=O)O)C(=O)N(CCCO)C1CCC1. The van der Waals surface area contributed by atoms with E-state index in [0.717, 1.165) is 19.3 Å². The van der Waals surface area contributed by atoms with E-state index in [9.17, 15) is 14.7 Å². The molecule has 1 fully saturated rings. The summed E-state index contributed by atoms with van der Waals surface area (Å²) in [7, 11) is 0. The molecule has 0 heterocycles. The highest BCUT2D eigenvalue weighted by atomic mass is 16.4. The van der Waals surface area contributed by atoms with Crippen molar-refractivity contribution in [2.45, 2.75) is 52.5 Å². The Morgan fingerprint density at radius 1 is 1.32 bits per heavy atom. The average Bonchev–Trinajstić information content (AvgIpc) is 2.18. The van der Waals surface area contributed by atoms with Gasteiger partial charge in [0.05, 0.1) is 0 Å². The van der Waals surface area contributed by atoms with Crippen LogP contribution in [0.25, 0.3) is 0 Å². The molecule has 5 nitrogen and oxygen atoms in total. The fourth-order valence-electron chi connectivity index (χ4n) is 2.42. The summed E-state index contributed by atoms with van der Waals surface area (Å²) in [5.74, 6) is -2.39. The molecule has 19 heavy (non-hydrogen) atoms. The highest BCUT2D eigenvalue weighted by Gasteiger charge is 2.42. The number of hydrogen-bond acceptors (Lipinski definition) is 3. The van der Waals surface area contributed by atoms with Gasteiger partial charge in [-0.1, -0.05) is 20.8 Å². The third kappa shape index (κ3) is 3.93. The molecule has 0 radical (unpaired) electrons. The van der Waals surface area contributed by atoms with E-state index in [1.807, 2.05) is 0 Å². The third-order valence-electron chi connectivity index (χ3n) is 3.72. The molecule has 0 bridgehead atoms. The van der Waals surface area contributed by atoms with Crippen molar-refractivity contribution in [1.29, 1.82) is 0 Å². The summed E-state index contributed by atoms with van der Waals surface area (Å²) in [6.07, 6.45) is 3.46. The number of carbonyl (C=O) groups excluding carboxylic acids is 1. The molecule has 1 rings (SSSR count). The van der Waals surface area contributed by atoms with E-state index in [1.165, 1.54) is 0 Å². The van der Waals surface area contributed by atoms with Gasteiger partial charge in [0.25, 0.3) is 0 Å². The van der Waals surface area contributed by atoms with Gasteiger partial charge < -0.3 is 15.1 Å². The Morgan fingerprint density at radius 2 is 1.89 bits per heavy atom. The molecule has 2 N–H and O–H groups in total. The van der Waals surface area contributed by atoms with Crippen LogP contribution in [-0.2, 0) is 9.59 Å². The highest BCUT2D eigenvalue weighted by Crippen LogP contribution is 2.32. The van der Waals surface area contributed by atoms with Crippen LogP contribution < -0.4 is 0 Å². The van der Waals surface area contributed by atoms with Crippen molar-refractivity contribution in [3.63, 3.8) is 0 Å². The number of carbonyl (C=O) groups is 2. The monoisotopic (exact) mass is 271 g/mol. The lowest BCUT2D eigenvalue weighted by Crippen LogP contribution is -2.51. The molecular weight excluding hydrogens is 246 g/mol. The van der Waals surface area contributed by atoms with Crippen LogP contribution in [0.15, 0.2) is 0 Å². The summed E-state index contributed by atoms with van der Waals surface area (Å²) in [6, 6.07) is 0.156. The number of rotatable bonds is 6. The first-order chi connectivity index (χ1) is 8.79. The average molecular weight is 271 g/mol. The van der Waals surface area contributed by atoms with Crippen LogP contribution >= 0.6 is 0 Å². The lowest BCUT2D eigenvalue weighted by atomic mass is 9.78. The molecule has 0 aromatic carbocycles. The molecule has 1 unspecified atom stereocenters. The van der Waals surface area contributed by atoms with Crippen LogP contribution in [0, 0.1) is 11.3 Å². The largest absolute Gasteiger partial charge is 0.481 e. The Bertz CT molecular complexity index is 331. The number of nitrogens with zero attached hydrogens (tertiary/aromatic N) is 1. The summed E-state index contributed by atoms with van der Waals surface area (Å²) in [6.45, 7) is 5.78. The molecule has 1 aliphatic carbocycles. The first-order valence-electron chi connectivity index (χ1n) is 6.93. The van der Waals surface area contributed by atoms with Crippen LogP contribution in [-0.4, -0.2) is 46.2 Å².